The Morgan fingerprint density at radius 1 is 1.25 bits per heavy atom. The fourth-order valence-corrected chi connectivity index (χ4v) is 3.30. The van der Waals surface area contributed by atoms with Crippen molar-refractivity contribution in [1.82, 2.24) is 0 Å². The van der Waals surface area contributed by atoms with Gasteiger partial charge in [0.05, 0.1) is 24.5 Å². The molecule has 2 fully saturated rings. The molecule has 1 N–H and O–H groups in total. The number of anilines is 1. The molecule has 1 aromatic rings. The number of benzene rings is 1. The molecule has 0 radical (unpaired) electrons. The van der Waals surface area contributed by atoms with Gasteiger partial charge in [-0.2, -0.15) is 5.26 Å². The third-order valence-electron chi connectivity index (χ3n) is 4.02. The molecule has 106 valence electrons. The Bertz CT molecular complexity index is 525. The van der Waals surface area contributed by atoms with Crippen LogP contribution >= 0.6 is 15.9 Å². The number of hydrogen-bond acceptors (Lipinski definition) is 4. The SMILES string of the molecule is N#Cc1ccc(Br)cc1NC1CCC2(CC1)OCCO2. The highest BCUT2D eigenvalue weighted by Gasteiger charge is 2.40. The Morgan fingerprint density at radius 2 is 1.95 bits per heavy atom. The van der Waals surface area contributed by atoms with Crippen LogP contribution in [0.25, 0.3) is 0 Å². The van der Waals surface area contributed by atoms with E-state index in [4.69, 9.17) is 14.7 Å². The van der Waals surface area contributed by atoms with Gasteiger partial charge >= 0.3 is 0 Å². The molecule has 0 atom stereocenters. The lowest BCUT2D eigenvalue weighted by molar-refractivity contribution is -0.177. The van der Waals surface area contributed by atoms with E-state index in [0.717, 1.165) is 35.8 Å². The van der Waals surface area contributed by atoms with E-state index in [1.165, 1.54) is 0 Å². The quantitative estimate of drug-likeness (QED) is 0.898. The first-order valence-corrected chi connectivity index (χ1v) is 7.74. The number of hydrogen-bond donors (Lipinski definition) is 1. The van der Waals surface area contributed by atoms with E-state index in [0.29, 0.717) is 24.8 Å². The molecule has 20 heavy (non-hydrogen) atoms. The largest absolute Gasteiger partial charge is 0.381 e. The van der Waals surface area contributed by atoms with E-state index in [2.05, 4.69) is 27.3 Å². The Kier molecular flexibility index (Phi) is 3.97. The lowest BCUT2D eigenvalue weighted by atomic mass is 9.89. The van der Waals surface area contributed by atoms with Crippen molar-refractivity contribution in [3.05, 3.63) is 28.2 Å². The smallest absolute Gasteiger partial charge is 0.168 e. The lowest BCUT2D eigenvalue weighted by Gasteiger charge is -2.36. The van der Waals surface area contributed by atoms with Crippen molar-refractivity contribution in [3.8, 4) is 6.07 Å². The highest BCUT2D eigenvalue weighted by molar-refractivity contribution is 9.10. The summed E-state index contributed by atoms with van der Waals surface area (Å²) < 4.78 is 12.4. The highest BCUT2D eigenvalue weighted by atomic mass is 79.9. The van der Waals surface area contributed by atoms with Gasteiger partial charge in [0.2, 0.25) is 0 Å². The summed E-state index contributed by atoms with van der Waals surface area (Å²) in [5.74, 6) is -0.326. The van der Waals surface area contributed by atoms with Gasteiger partial charge in [0.1, 0.15) is 6.07 Å². The second kappa shape index (κ2) is 5.72. The standard InChI is InChI=1S/C15H17BrN2O2/c16-12-2-1-11(10-17)14(9-12)18-13-3-5-15(6-4-13)19-7-8-20-15/h1-2,9,13,18H,3-8H2. The summed E-state index contributed by atoms with van der Waals surface area (Å²) in [6.07, 6.45) is 3.83. The second-order valence-electron chi connectivity index (χ2n) is 5.33. The van der Waals surface area contributed by atoms with E-state index < -0.39 is 0 Å². The fourth-order valence-electron chi connectivity index (χ4n) is 2.94. The van der Waals surface area contributed by atoms with Crippen LogP contribution in [0.1, 0.15) is 31.2 Å². The predicted molar refractivity (Wildman–Crippen MR) is 79.4 cm³/mol. The first kappa shape index (κ1) is 13.9. The number of nitrogens with zero attached hydrogens (tertiary/aromatic N) is 1. The van der Waals surface area contributed by atoms with Gasteiger partial charge in [-0.05, 0) is 31.0 Å². The minimum Gasteiger partial charge on any atom is -0.381 e. The van der Waals surface area contributed by atoms with Gasteiger partial charge in [0.15, 0.2) is 5.79 Å². The van der Waals surface area contributed by atoms with Gasteiger partial charge in [0.25, 0.3) is 0 Å². The molecule has 1 saturated heterocycles. The molecule has 0 aromatic heterocycles. The summed E-state index contributed by atoms with van der Waals surface area (Å²) in [6.45, 7) is 1.42. The molecule has 1 aliphatic heterocycles. The molecule has 3 rings (SSSR count). The van der Waals surface area contributed by atoms with Crippen molar-refractivity contribution < 1.29 is 9.47 Å². The Hall–Kier alpha value is -1.09. The summed E-state index contributed by atoms with van der Waals surface area (Å²) in [5.41, 5.74) is 1.58. The van der Waals surface area contributed by atoms with Crippen molar-refractivity contribution in [1.29, 1.82) is 5.26 Å². The van der Waals surface area contributed by atoms with Crippen LogP contribution in [0.5, 0.6) is 0 Å². The summed E-state index contributed by atoms with van der Waals surface area (Å²) in [4.78, 5) is 0. The van der Waals surface area contributed by atoms with Gasteiger partial charge in [-0.25, -0.2) is 0 Å². The van der Waals surface area contributed by atoms with Gasteiger partial charge in [-0.15, -0.1) is 0 Å². The first-order valence-electron chi connectivity index (χ1n) is 6.95. The van der Waals surface area contributed by atoms with Crippen LogP contribution < -0.4 is 5.32 Å². The minimum absolute atomic E-state index is 0.326. The van der Waals surface area contributed by atoms with E-state index in [9.17, 15) is 0 Å². The minimum atomic E-state index is -0.326. The number of nitriles is 1. The molecule has 1 saturated carbocycles. The molecule has 2 aliphatic rings. The van der Waals surface area contributed by atoms with E-state index in [-0.39, 0.29) is 5.79 Å². The van der Waals surface area contributed by atoms with E-state index >= 15 is 0 Å². The zero-order valence-electron chi connectivity index (χ0n) is 11.2. The normalized spacial score (nSPS) is 21.8. The Balaban J connectivity index is 1.65. The van der Waals surface area contributed by atoms with Crippen LogP contribution in [0.2, 0.25) is 0 Å². The number of rotatable bonds is 2. The van der Waals surface area contributed by atoms with Gasteiger partial charge in [0, 0.05) is 23.4 Å². The molecule has 0 bridgehead atoms. The predicted octanol–water partition coefficient (Wildman–Crippen LogP) is 3.42. The summed E-state index contributed by atoms with van der Waals surface area (Å²) in [6, 6.07) is 8.28. The van der Waals surface area contributed by atoms with Crippen molar-refractivity contribution >= 4 is 21.6 Å². The number of halogens is 1. The summed E-state index contributed by atoms with van der Waals surface area (Å²) >= 11 is 3.45. The first-order chi connectivity index (χ1) is 9.71. The Labute approximate surface area is 127 Å². The maximum atomic E-state index is 9.16. The third-order valence-corrected chi connectivity index (χ3v) is 4.52. The molecule has 5 heteroatoms. The van der Waals surface area contributed by atoms with Crippen molar-refractivity contribution in [3.63, 3.8) is 0 Å². The molecular weight excluding hydrogens is 320 g/mol. The van der Waals surface area contributed by atoms with Crippen LogP contribution in [0.3, 0.4) is 0 Å². The van der Waals surface area contributed by atoms with Crippen molar-refractivity contribution in [2.45, 2.75) is 37.5 Å². The van der Waals surface area contributed by atoms with Crippen LogP contribution in [0, 0.1) is 11.3 Å². The molecule has 1 heterocycles. The van der Waals surface area contributed by atoms with Crippen LogP contribution in [0.4, 0.5) is 5.69 Å². The maximum Gasteiger partial charge on any atom is 0.168 e. The highest BCUT2D eigenvalue weighted by Crippen LogP contribution is 2.37. The molecule has 1 aliphatic carbocycles. The zero-order chi connectivity index (χ0) is 14.0. The van der Waals surface area contributed by atoms with Crippen molar-refractivity contribution in [2.24, 2.45) is 0 Å². The van der Waals surface area contributed by atoms with Gasteiger partial charge < -0.3 is 14.8 Å². The van der Waals surface area contributed by atoms with Crippen LogP contribution in [0.15, 0.2) is 22.7 Å². The zero-order valence-corrected chi connectivity index (χ0v) is 12.8. The topological polar surface area (TPSA) is 54.3 Å². The van der Waals surface area contributed by atoms with Crippen molar-refractivity contribution in [2.75, 3.05) is 18.5 Å². The Morgan fingerprint density at radius 3 is 2.60 bits per heavy atom. The van der Waals surface area contributed by atoms with Crippen LogP contribution in [-0.4, -0.2) is 25.0 Å². The van der Waals surface area contributed by atoms with E-state index in [1.54, 1.807) is 0 Å². The lowest BCUT2D eigenvalue weighted by Crippen LogP contribution is -2.39. The molecule has 0 unspecified atom stereocenters. The average Bonchev–Trinajstić information content (AvgIpc) is 2.90. The van der Waals surface area contributed by atoms with Gasteiger partial charge in [-0.3, -0.25) is 0 Å². The van der Waals surface area contributed by atoms with Gasteiger partial charge in [-0.1, -0.05) is 15.9 Å². The fraction of sp³-hybridized carbons (Fsp3) is 0.533. The molecule has 0 amide bonds. The molecule has 1 aromatic carbocycles. The summed E-state index contributed by atoms with van der Waals surface area (Å²) in [7, 11) is 0. The van der Waals surface area contributed by atoms with Crippen LogP contribution in [-0.2, 0) is 9.47 Å². The third kappa shape index (κ3) is 2.83. The number of ether oxygens (including phenoxy) is 2. The average molecular weight is 337 g/mol. The molecule has 1 spiro atoms. The monoisotopic (exact) mass is 336 g/mol. The molecule has 4 nitrogen and oxygen atoms in total. The van der Waals surface area contributed by atoms with E-state index in [1.807, 2.05) is 18.2 Å². The summed E-state index contributed by atoms with van der Waals surface area (Å²) in [5, 5.41) is 12.6. The number of nitrogens with one attached hydrogen (secondary N) is 1. The maximum absolute atomic E-state index is 9.16. The second-order valence-corrected chi connectivity index (χ2v) is 6.24. The molecular formula is C15H17BrN2O2.